The Kier molecular flexibility index (Phi) is 3.71. The summed E-state index contributed by atoms with van der Waals surface area (Å²) in [5.74, 6) is 0. The van der Waals surface area contributed by atoms with E-state index in [1.165, 1.54) is 6.33 Å². The van der Waals surface area contributed by atoms with Crippen molar-refractivity contribution in [1.82, 2.24) is 9.55 Å². The molecular formula is C12H14N2O4. The van der Waals surface area contributed by atoms with Crippen molar-refractivity contribution < 1.29 is 20.1 Å². The number of aromatic nitrogens is 2. The molecule has 18 heavy (non-hydrogen) atoms. The molecule has 0 saturated heterocycles. The first-order valence-corrected chi connectivity index (χ1v) is 5.53. The number of hydrogen-bond acceptors (Lipinski definition) is 5. The van der Waals surface area contributed by atoms with Gasteiger partial charge in [-0.25, -0.2) is 4.98 Å². The summed E-state index contributed by atoms with van der Waals surface area (Å²) in [5.41, 5.74) is 1.58. The summed E-state index contributed by atoms with van der Waals surface area (Å²) < 4.78 is 1.65. The Labute approximate surface area is 103 Å². The zero-order valence-corrected chi connectivity index (χ0v) is 9.55. The van der Waals surface area contributed by atoms with Gasteiger partial charge >= 0.3 is 0 Å². The van der Waals surface area contributed by atoms with Crippen LogP contribution in [-0.2, 0) is 11.3 Å². The molecular weight excluding hydrogens is 236 g/mol. The standard InChI is InChI=1S/C12H14N2O4/c15-6-11(17)12(18)10(16)5-14-7-13-8-3-1-2-4-9(8)14/h1-4,6-7,10-12,16-18H,5H2. The third-order valence-electron chi connectivity index (χ3n) is 2.79. The van der Waals surface area contributed by atoms with Gasteiger partial charge in [0.1, 0.15) is 18.3 Å². The number of aliphatic hydroxyl groups excluding tert-OH is 3. The SMILES string of the molecule is O=CC(O)C(O)C(O)Cn1cnc2ccccc21. The van der Waals surface area contributed by atoms with Crippen molar-refractivity contribution >= 4 is 17.3 Å². The number of aldehydes is 1. The monoisotopic (exact) mass is 250 g/mol. The van der Waals surface area contributed by atoms with Crippen molar-refractivity contribution in [2.45, 2.75) is 24.9 Å². The van der Waals surface area contributed by atoms with Crippen LogP contribution in [0.4, 0.5) is 0 Å². The Bertz CT molecular complexity index is 540. The summed E-state index contributed by atoms with van der Waals surface area (Å²) in [6, 6.07) is 7.34. The number of carbonyl (C=O) groups is 1. The maximum absolute atomic E-state index is 10.3. The Morgan fingerprint density at radius 2 is 2.00 bits per heavy atom. The van der Waals surface area contributed by atoms with Gasteiger partial charge in [-0.05, 0) is 12.1 Å². The van der Waals surface area contributed by atoms with Crippen LogP contribution in [0.3, 0.4) is 0 Å². The highest BCUT2D eigenvalue weighted by Crippen LogP contribution is 2.13. The van der Waals surface area contributed by atoms with Gasteiger partial charge in [0.2, 0.25) is 0 Å². The molecule has 0 aliphatic rings. The Morgan fingerprint density at radius 1 is 1.28 bits per heavy atom. The van der Waals surface area contributed by atoms with E-state index < -0.39 is 18.3 Å². The Morgan fingerprint density at radius 3 is 2.72 bits per heavy atom. The first-order valence-electron chi connectivity index (χ1n) is 5.53. The summed E-state index contributed by atoms with van der Waals surface area (Å²) in [5, 5.41) is 28.4. The van der Waals surface area contributed by atoms with E-state index in [9.17, 15) is 15.0 Å². The van der Waals surface area contributed by atoms with Crippen LogP contribution in [-0.4, -0.2) is 49.5 Å². The van der Waals surface area contributed by atoms with Crippen LogP contribution in [0.2, 0.25) is 0 Å². The number of benzene rings is 1. The number of fused-ring (bicyclic) bond motifs is 1. The fourth-order valence-corrected chi connectivity index (χ4v) is 1.77. The molecule has 0 radical (unpaired) electrons. The van der Waals surface area contributed by atoms with E-state index in [-0.39, 0.29) is 12.8 Å². The molecule has 3 atom stereocenters. The summed E-state index contributed by atoms with van der Waals surface area (Å²) in [7, 11) is 0. The minimum Gasteiger partial charge on any atom is -0.388 e. The third-order valence-corrected chi connectivity index (χ3v) is 2.79. The zero-order chi connectivity index (χ0) is 13.1. The van der Waals surface area contributed by atoms with Crippen LogP contribution in [0.1, 0.15) is 0 Å². The van der Waals surface area contributed by atoms with Gasteiger partial charge < -0.3 is 24.7 Å². The van der Waals surface area contributed by atoms with Gasteiger partial charge in [0.15, 0.2) is 6.29 Å². The summed E-state index contributed by atoms with van der Waals surface area (Å²) >= 11 is 0. The van der Waals surface area contributed by atoms with Crippen molar-refractivity contribution in [2.75, 3.05) is 0 Å². The molecule has 0 spiro atoms. The van der Waals surface area contributed by atoms with Gasteiger partial charge in [-0.15, -0.1) is 0 Å². The average molecular weight is 250 g/mol. The van der Waals surface area contributed by atoms with Gasteiger partial charge in [0.25, 0.3) is 0 Å². The minimum absolute atomic E-state index is 0.0482. The van der Waals surface area contributed by atoms with Crippen molar-refractivity contribution in [3.05, 3.63) is 30.6 Å². The van der Waals surface area contributed by atoms with Gasteiger partial charge in [-0.1, -0.05) is 12.1 Å². The molecule has 6 heteroatoms. The smallest absolute Gasteiger partial charge is 0.151 e. The quantitative estimate of drug-likeness (QED) is 0.611. The lowest BCUT2D eigenvalue weighted by atomic mass is 10.1. The molecule has 2 rings (SSSR count). The number of rotatable bonds is 5. The second-order valence-corrected chi connectivity index (χ2v) is 4.07. The van der Waals surface area contributed by atoms with Gasteiger partial charge in [-0.2, -0.15) is 0 Å². The predicted molar refractivity (Wildman–Crippen MR) is 63.8 cm³/mol. The number of para-hydroxylation sites is 2. The summed E-state index contributed by atoms with van der Waals surface area (Å²) in [4.78, 5) is 14.5. The minimum atomic E-state index is -1.59. The highest BCUT2D eigenvalue weighted by Gasteiger charge is 2.24. The van der Waals surface area contributed by atoms with E-state index in [1.54, 1.807) is 4.57 Å². The lowest BCUT2D eigenvalue weighted by Crippen LogP contribution is -2.40. The maximum atomic E-state index is 10.3. The van der Waals surface area contributed by atoms with Crippen molar-refractivity contribution in [1.29, 1.82) is 0 Å². The van der Waals surface area contributed by atoms with E-state index >= 15 is 0 Å². The van der Waals surface area contributed by atoms with Crippen LogP contribution >= 0.6 is 0 Å². The molecule has 1 aromatic heterocycles. The van der Waals surface area contributed by atoms with Crippen molar-refractivity contribution in [3.8, 4) is 0 Å². The van der Waals surface area contributed by atoms with Crippen LogP contribution < -0.4 is 0 Å². The highest BCUT2D eigenvalue weighted by atomic mass is 16.4. The first kappa shape index (κ1) is 12.7. The van der Waals surface area contributed by atoms with E-state index in [0.29, 0.717) is 0 Å². The fraction of sp³-hybridized carbons (Fsp3) is 0.333. The van der Waals surface area contributed by atoms with E-state index in [1.807, 2.05) is 24.3 Å². The summed E-state index contributed by atoms with van der Waals surface area (Å²) in [6.45, 7) is 0.0482. The molecule has 0 aliphatic carbocycles. The second kappa shape index (κ2) is 5.26. The molecule has 96 valence electrons. The number of aliphatic hydroxyl groups is 3. The third kappa shape index (κ3) is 2.40. The number of hydrogen-bond donors (Lipinski definition) is 3. The van der Waals surface area contributed by atoms with Crippen LogP contribution in [0.5, 0.6) is 0 Å². The molecule has 0 amide bonds. The van der Waals surface area contributed by atoms with Crippen molar-refractivity contribution in [2.24, 2.45) is 0 Å². The van der Waals surface area contributed by atoms with Gasteiger partial charge in [0, 0.05) is 0 Å². The second-order valence-electron chi connectivity index (χ2n) is 4.07. The van der Waals surface area contributed by atoms with E-state index in [0.717, 1.165) is 11.0 Å². The molecule has 2 aromatic rings. The van der Waals surface area contributed by atoms with Crippen LogP contribution in [0.15, 0.2) is 30.6 Å². The zero-order valence-electron chi connectivity index (χ0n) is 9.55. The lowest BCUT2D eigenvalue weighted by Gasteiger charge is -2.19. The van der Waals surface area contributed by atoms with Crippen LogP contribution in [0.25, 0.3) is 11.0 Å². The van der Waals surface area contributed by atoms with E-state index in [2.05, 4.69) is 4.98 Å². The maximum Gasteiger partial charge on any atom is 0.151 e. The number of nitrogens with zero attached hydrogens (tertiary/aromatic N) is 2. The largest absolute Gasteiger partial charge is 0.388 e. The van der Waals surface area contributed by atoms with Gasteiger partial charge in [0.05, 0.1) is 23.9 Å². The fourth-order valence-electron chi connectivity index (χ4n) is 1.77. The molecule has 0 bridgehead atoms. The molecule has 1 aromatic carbocycles. The molecule has 3 unspecified atom stereocenters. The Balaban J connectivity index is 2.16. The molecule has 6 nitrogen and oxygen atoms in total. The van der Waals surface area contributed by atoms with E-state index in [4.69, 9.17) is 5.11 Å². The predicted octanol–water partition coefficient (Wildman–Crippen LogP) is -0.682. The summed E-state index contributed by atoms with van der Waals surface area (Å²) in [6.07, 6.45) is -2.62. The van der Waals surface area contributed by atoms with Crippen LogP contribution in [0, 0.1) is 0 Å². The number of imidazole rings is 1. The topological polar surface area (TPSA) is 95.6 Å². The van der Waals surface area contributed by atoms with Gasteiger partial charge in [-0.3, -0.25) is 0 Å². The first-order chi connectivity index (χ1) is 8.63. The molecule has 0 saturated carbocycles. The lowest BCUT2D eigenvalue weighted by molar-refractivity contribution is -0.126. The van der Waals surface area contributed by atoms with Crippen molar-refractivity contribution in [3.63, 3.8) is 0 Å². The molecule has 0 fully saturated rings. The molecule has 3 N–H and O–H groups in total. The average Bonchev–Trinajstić information content (AvgIpc) is 2.80. The molecule has 0 aliphatic heterocycles. The highest BCUT2D eigenvalue weighted by molar-refractivity contribution is 5.74. The Hall–Kier alpha value is -1.76. The normalized spacial score (nSPS) is 16.4. The number of carbonyl (C=O) groups excluding carboxylic acids is 1. The molecule has 1 heterocycles.